The van der Waals surface area contributed by atoms with E-state index in [1.54, 1.807) is 23.9 Å². The van der Waals surface area contributed by atoms with Crippen molar-refractivity contribution in [3.8, 4) is 5.75 Å². The minimum absolute atomic E-state index is 0.150. The van der Waals surface area contributed by atoms with Gasteiger partial charge >= 0.3 is 0 Å². The molecule has 19 heavy (non-hydrogen) atoms. The SMILES string of the molecule is CCn1ncc(Cl)c1C(=O)c1ccc(C)c(OC)c1. The molecule has 0 aliphatic heterocycles. The van der Waals surface area contributed by atoms with E-state index in [1.165, 1.54) is 6.20 Å². The van der Waals surface area contributed by atoms with Gasteiger partial charge in [0, 0.05) is 12.1 Å². The molecule has 1 aromatic heterocycles. The maximum atomic E-state index is 12.5. The molecule has 0 fully saturated rings. The molecule has 1 heterocycles. The maximum Gasteiger partial charge on any atom is 0.212 e. The summed E-state index contributed by atoms with van der Waals surface area (Å²) in [6.07, 6.45) is 1.49. The second kappa shape index (κ2) is 5.45. The number of carbonyl (C=O) groups is 1. The Hall–Kier alpha value is -1.81. The van der Waals surface area contributed by atoms with E-state index in [4.69, 9.17) is 16.3 Å². The number of aromatic nitrogens is 2. The number of benzene rings is 1. The minimum Gasteiger partial charge on any atom is -0.496 e. The lowest BCUT2D eigenvalue weighted by molar-refractivity contribution is 0.102. The highest BCUT2D eigenvalue weighted by molar-refractivity contribution is 6.34. The van der Waals surface area contributed by atoms with Gasteiger partial charge in [0.15, 0.2) is 0 Å². The van der Waals surface area contributed by atoms with Crippen LogP contribution < -0.4 is 4.74 Å². The van der Waals surface area contributed by atoms with E-state index in [-0.39, 0.29) is 5.78 Å². The smallest absolute Gasteiger partial charge is 0.212 e. The summed E-state index contributed by atoms with van der Waals surface area (Å²) < 4.78 is 6.83. The molecule has 1 aromatic carbocycles. The molecule has 0 saturated heterocycles. The first kappa shape index (κ1) is 13.6. The molecular formula is C14H15ClN2O2. The summed E-state index contributed by atoms with van der Waals surface area (Å²) in [5.74, 6) is 0.534. The van der Waals surface area contributed by atoms with Gasteiger partial charge in [-0.15, -0.1) is 0 Å². The number of rotatable bonds is 4. The summed E-state index contributed by atoms with van der Waals surface area (Å²) in [7, 11) is 1.58. The van der Waals surface area contributed by atoms with E-state index in [9.17, 15) is 4.79 Å². The van der Waals surface area contributed by atoms with Crippen molar-refractivity contribution < 1.29 is 9.53 Å². The fourth-order valence-corrected chi connectivity index (χ4v) is 2.15. The molecule has 0 radical (unpaired) electrons. The standard InChI is InChI=1S/C14H15ClN2O2/c1-4-17-13(11(15)8-16-17)14(18)10-6-5-9(2)12(7-10)19-3/h5-8H,4H2,1-3H3. The van der Waals surface area contributed by atoms with Crippen LogP contribution in [0.25, 0.3) is 0 Å². The van der Waals surface area contributed by atoms with Crippen LogP contribution in [0.1, 0.15) is 28.5 Å². The van der Waals surface area contributed by atoms with Crippen molar-refractivity contribution in [2.45, 2.75) is 20.4 Å². The molecule has 5 heteroatoms. The van der Waals surface area contributed by atoms with Crippen LogP contribution in [0.3, 0.4) is 0 Å². The lowest BCUT2D eigenvalue weighted by atomic mass is 10.1. The number of ketones is 1. The fraction of sp³-hybridized carbons (Fsp3) is 0.286. The number of aryl methyl sites for hydroxylation is 2. The first-order valence-electron chi connectivity index (χ1n) is 5.99. The van der Waals surface area contributed by atoms with Crippen molar-refractivity contribution >= 4 is 17.4 Å². The lowest BCUT2D eigenvalue weighted by Crippen LogP contribution is -2.11. The predicted molar refractivity (Wildman–Crippen MR) is 74.1 cm³/mol. The number of halogens is 1. The van der Waals surface area contributed by atoms with Gasteiger partial charge in [-0.25, -0.2) is 0 Å². The number of nitrogens with zero attached hydrogens (tertiary/aromatic N) is 2. The fourth-order valence-electron chi connectivity index (χ4n) is 1.93. The maximum absolute atomic E-state index is 12.5. The number of hydrogen-bond acceptors (Lipinski definition) is 3. The van der Waals surface area contributed by atoms with Crippen LogP contribution in [0.4, 0.5) is 0 Å². The van der Waals surface area contributed by atoms with Gasteiger partial charge in [0.05, 0.1) is 18.3 Å². The van der Waals surface area contributed by atoms with Crippen LogP contribution in [-0.2, 0) is 6.54 Å². The van der Waals surface area contributed by atoms with Crippen LogP contribution in [0.5, 0.6) is 5.75 Å². The Morgan fingerprint density at radius 1 is 1.47 bits per heavy atom. The van der Waals surface area contributed by atoms with E-state index in [2.05, 4.69) is 5.10 Å². The summed E-state index contributed by atoms with van der Waals surface area (Å²) in [4.78, 5) is 12.5. The van der Waals surface area contributed by atoms with Crippen molar-refractivity contribution in [3.05, 3.63) is 46.2 Å². The summed E-state index contributed by atoms with van der Waals surface area (Å²) in [6, 6.07) is 5.34. The highest BCUT2D eigenvalue weighted by Gasteiger charge is 2.19. The van der Waals surface area contributed by atoms with Crippen LogP contribution in [-0.4, -0.2) is 22.7 Å². The van der Waals surface area contributed by atoms with Gasteiger partial charge in [-0.2, -0.15) is 5.10 Å². The van der Waals surface area contributed by atoms with E-state index in [0.29, 0.717) is 28.6 Å². The second-order valence-electron chi connectivity index (χ2n) is 4.17. The lowest BCUT2D eigenvalue weighted by Gasteiger charge is -2.08. The summed E-state index contributed by atoms with van der Waals surface area (Å²) in [6.45, 7) is 4.43. The Labute approximate surface area is 116 Å². The van der Waals surface area contributed by atoms with Crippen molar-refractivity contribution in [3.63, 3.8) is 0 Å². The Bertz CT molecular complexity index is 620. The molecule has 0 bridgehead atoms. The molecule has 2 aromatic rings. The predicted octanol–water partition coefficient (Wildman–Crippen LogP) is 3.10. The number of carbonyl (C=O) groups excluding carboxylic acids is 1. The number of hydrogen-bond donors (Lipinski definition) is 0. The van der Waals surface area contributed by atoms with E-state index in [0.717, 1.165) is 5.56 Å². The van der Waals surface area contributed by atoms with Crippen molar-refractivity contribution in [2.24, 2.45) is 0 Å². The third kappa shape index (κ3) is 2.49. The molecule has 0 unspecified atom stereocenters. The zero-order valence-electron chi connectivity index (χ0n) is 11.1. The van der Waals surface area contributed by atoms with Crippen LogP contribution >= 0.6 is 11.6 Å². The summed E-state index contributed by atoms with van der Waals surface area (Å²) in [5, 5.41) is 4.44. The van der Waals surface area contributed by atoms with Gasteiger partial charge in [0.1, 0.15) is 11.4 Å². The van der Waals surface area contributed by atoms with E-state index in [1.807, 2.05) is 19.9 Å². The first-order chi connectivity index (χ1) is 9.08. The minimum atomic E-state index is -0.150. The molecular weight excluding hydrogens is 264 g/mol. The summed E-state index contributed by atoms with van der Waals surface area (Å²) in [5.41, 5.74) is 1.93. The molecule has 0 N–H and O–H groups in total. The van der Waals surface area contributed by atoms with Crippen LogP contribution in [0.15, 0.2) is 24.4 Å². The molecule has 0 aliphatic carbocycles. The van der Waals surface area contributed by atoms with E-state index >= 15 is 0 Å². The van der Waals surface area contributed by atoms with Crippen molar-refractivity contribution in [1.29, 1.82) is 0 Å². The van der Waals surface area contributed by atoms with Gasteiger partial charge in [-0.3, -0.25) is 9.48 Å². The highest BCUT2D eigenvalue weighted by atomic mass is 35.5. The van der Waals surface area contributed by atoms with Gasteiger partial charge in [0.2, 0.25) is 5.78 Å². The van der Waals surface area contributed by atoms with Gasteiger partial charge < -0.3 is 4.74 Å². The highest BCUT2D eigenvalue weighted by Crippen LogP contribution is 2.24. The molecule has 0 amide bonds. The van der Waals surface area contributed by atoms with Gasteiger partial charge in [-0.05, 0) is 25.5 Å². The Morgan fingerprint density at radius 3 is 2.84 bits per heavy atom. The molecule has 0 spiro atoms. The molecule has 0 atom stereocenters. The number of methoxy groups -OCH3 is 1. The molecule has 100 valence electrons. The quantitative estimate of drug-likeness (QED) is 0.807. The third-order valence-electron chi connectivity index (χ3n) is 2.98. The van der Waals surface area contributed by atoms with Gasteiger partial charge in [-0.1, -0.05) is 23.7 Å². The van der Waals surface area contributed by atoms with Crippen LogP contribution in [0, 0.1) is 6.92 Å². The third-order valence-corrected chi connectivity index (χ3v) is 3.26. The van der Waals surface area contributed by atoms with E-state index < -0.39 is 0 Å². The largest absolute Gasteiger partial charge is 0.496 e. The molecule has 2 rings (SSSR count). The average Bonchev–Trinajstić information content (AvgIpc) is 2.79. The first-order valence-corrected chi connectivity index (χ1v) is 6.37. The molecule has 0 saturated carbocycles. The van der Waals surface area contributed by atoms with Crippen LogP contribution in [0.2, 0.25) is 5.02 Å². The molecule has 0 aliphatic rings. The second-order valence-corrected chi connectivity index (χ2v) is 4.58. The monoisotopic (exact) mass is 278 g/mol. The normalized spacial score (nSPS) is 10.5. The Kier molecular flexibility index (Phi) is 3.90. The summed E-state index contributed by atoms with van der Waals surface area (Å²) >= 11 is 6.04. The van der Waals surface area contributed by atoms with Gasteiger partial charge in [0.25, 0.3) is 0 Å². The Balaban J connectivity index is 2.47. The Morgan fingerprint density at radius 2 is 2.21 bits per heavy atom. The number of ether oxygens (including phenoxy) is 1. The average molecular weight is 279 g/mol. The van der Waals surface area contributed by atoms with Crippen molar-refractivity contribution in [2.75, 3.05) is 7.11 Å². The zero-order chi connectivity index (χ0) is 14.0. The van der Waals surface area contributed by atoms with Crippen molar-refractivity contribution in [1.82, 2.24) is 9.78 Å². The topological polar surface area (TPSA) is 44.1 Å². The molecule has 4 nitrogen and oxygen atoms in total. The zero-order valence-corrected chi connectivity index (χ0v) is 11.9.